The van der Waals surface area contributed by atoms with E-state index in [4.69, 9.17) is 12.2 Å². The van der Waals surface area contributed by atoms with E-state index in [0.717, 1.165) is 0 Å². The van der Waals surface area contributed by atoms with Crippen molar-refractivity contribution in [1.29, 1.82) is 0 Å². The Hall–Kier alpha value is -2.26. The van der Waals surface area contributed by atoms with Crippen LogP contribution in [0.4, 0.5) is 11.4 Å². The number of benzene rings is 1. The summed E-state index contributed by atoms with van der Waals surface area (Å²) in [4.78, 5) is 10.2. The molecule has 0 unspecified atom stereocenters. The highest BCUT2D eigenvalue weighted by Crippen LogP contribution is 2.33. The molecule has 0 bridgehead atoms. The fourth-order valence-corrected chi connectivity index (χ4v) is 2.12. The smallest absolute Gasteiger partial charge is 0.270 e. The fourth-order valence-electron chi connectivity index (χ4n) is 1.93. The third kappa shape index (κ3) is 1.41. The zero-order valence-corrected chi connectivity index (χ0v) is 9.61. The van der Waals surface area contributed by atoms with Crippen LogP contribution in [0.5, 0.6) is 0 Å². The van der Waals surface area contributed by atoms with Crippen molar-refractivity contribution < 1.29 is 10.0 Å². The highest BCUT2D eigenvalue weighted by molar-refractivity contribution is 7.80. The molecule has 0 aromatic heterocycles. The van der Waals surface area contributed by atoms with E-state index in [-0.39, 0.29) is 16.5 Å². The van der Waals surface area contributed by atoms with Crippen molar-refractivity contribution in [3.05, 3.63) is 33.9 Å². The van der Waals surface area contributed by atoms with Crippen molar-refractivity contribution in [1.82, 2.24) is 10.7 Å². The fraction of sp³-hybridized carbons (Fsp3) is 0.111. The number of anilines is 1. The van der Waals surface area contributed by atoms with Gasteiger partial charge in [-0.25, -0.2) is 0 Å². The predicted octanol–water partition coefficient (Wildman–Crippen LogP) is -0.152. The topological polar surface area (TPSA) is 112 Å². The van der Waals surface area contributed by atoms with Gasteiger partial charge in [-0.15, -0.1) is 0 Å². The lowest BCUT2D eigenvalue weighted by molar-refractivity contribution is -0.384. The summed E-state index contributed by atoms with van der Waals surface area (Å²) in [6.07, 6.45) is 0. The zero-order chi connectivity index (χ0) is 12.9. The highest BCUT2D eigenvalue weighted by atomic mass is 32.1. The van der Waals surface area contributed by atoms with Gasteiger partial charge in [-0.3, -0.25) is 15.5 Å². The van der Waals surface area contributed by atoms with Crippen LogP contribution in [0.3, 0.4) is 0 Å². The van der Waals surface area contributed by atoms with Crippen LogP contribution in [-0.4, -0.2) is 26.7 Å². The molecule has 8 nitrogen and oxygen atoms in total. The molecule has 1 aromatic rings. The summed E-state index contributed by atoms with van der Waals surface area (Å²) in [5.41, 5.74) is 3.65. The lowest BCUT2D eigenvalue weighted by Crippen LogP contribution is -2.62. The number of thiocarbonyl (C=S) groups is 1. The van der Waals surface area contributed by atoms with E-state index in [0.29, 0.717) is 11.3 Å². The van der Waals surface area contributed by atoms with Crippen LogP contribution in [0.2, 0.25) is 0 Å². The van der Waals surface area contributed by atoms with Crippen LogP contribution in [-0.2, 0) is 0 Å². The number of hydrazone groups is 1. The largest absolute Gasteiger partial charge is 0.349 e. The van der Waals surface area contributed by atoms with Crippen LogP contribution in [0.25, 0.3) is 0 Å². The van der Waals surface area contributed by atoms with Gasteiger partial charge in [0.05, 0.1) is 4.92 Å². The van der Waals surface area contributed by atoms with Gasteiger partial charge >= 0.3 is 0 Å². The Labute approximate surface area is 106 Å². The van der Waals surface area contributed by atoms with Gasteiger partial charge in [0, 0.05) is 23.4 Å². The zero-order valence-electron chi connectivity index (χ0n) is 8.80. The van der Waals surface area contributed by atoms with Crippen LogP contribution < -0.4 is 16.1 Å². The summed E-state index contributed by atoms with van der Waals surface area (Å²) in [6, 6.07) is 4.20. The van der Waals surface area contributed by atoms with E-state index in [1.807, 2.05) is 0 Å². The minimum absolute atomic E-state index is 0.0735. The van der Waals surface area contributed by atoms with Crippen LogP contribution in [0.15, 0.2) is 23.3 Å². The molecule has 2 heterocycles. The number of nitrogens with one attached hydrogen (secondary N) is 3. The number of hydrogen-bond donors (Lipinski definition) is 4. The number of nitro groups is 1. The normalized spacial score (nSPS) is 24.1. The van der Waals surface area contributed by atoms with Gasteiger partial charge in [-0.2, -0.15) is 5.10 Å². The molecule has 1 aromatic carbocycles. The first-order valence-electron chi connectivity index (χ1n) is 4.95. The van der Waals surface area contributed by atoms with E-state index in [2.05, 4.69) is 21.2 Å². The number of nitrogens with zero attached hydrogens (tertiary/aromatic N) is 2. The maximum Gasteiger partial charge on any atom is 0.270 e. The number of hydrogen-bond acceptors (Lipinski definition) is 6. The monoisotopic (exact) mass is 265 g/mol. The molecule has 0 saturated heterocycles. The van der Waals surface area contributed by atoms with Gasteiger partial charge in [-0.1, -0.05) is 0 Å². The summed E-state index contributed by atoms with van der Waals surface area (Å²) in [5, 5.41) is 30.5. The van der Waals surface area contributed by atoms with E-state index >= 15 is 0 Å². The summed E-state index contributed by atoms with van der Waals surface area (Å²) < 4.78 is 0. The predicted molar refractivity (Wildman–Crippen MR) is 67.1 cm³/mol. The number of non-ortho nitro benzene ring substituents is 1. The lowest BCUT2D eigenvalue weighted by atomic mass is 10.1. The maximum absolute atomic E-state index is 10.7. The molecule has 0 aliphatic carbocycles. The van der Waals surface area contributed by atoms with Crippen LogP contribution >= 0.6 is 12.2 Å². The average Bonchev–Trinajstić information content (AvgIpc) is 2.58. The van der Waals surface area contributed by atoms with Crippen molar-refractivity contribution in [2.75, 3.05) is 5.32 Å². The maximum atomic E-state index is 10.7. The van der Waals surface area contributed by atoms with Crippen molar-refractivity contribution in [2.24, 2.45) is 5.10 Å². The Balaban J connectivity index is 2.14. The summed E-state index contributed by atoms with van der Waals surface area (Å²) in [5.74, 6) is -1.63. The second-order valence-corrected chi connectivity index (χ2v) is 4.26. The van der Waals surface area contributed by atoms with E-state index < -0.39 is 10.8 Å². The molecule has 0 saturated carbocycles. The molecule has 9 heteroatoms. The summed E-state index contributed by atoms with van der Waals surface area (Å²) >= 11 is 4.84. The molecule has 2 aliphatic heterocycles. The molecular weight excluding hydrogens is 258 g/mol. The van der Waals surface area contributed by atoms with E-state index in [9.17, 15) is 15.2 Å². The molecule has 2 aliphatic rings. The van der Waals surface area contributed by atoms with Gasteiger partial charge in [0.2, 0.25) is 0 Å². The van der Waals surface area contributed by atoms with Crippen molar-refractivity contribution in [3.8, 4) is 0 Å². The number of rotatable bonds is 1. The SMILES string of the molecule is O=[N+]([O-])c1ccc2c(c1)C1=NNC(=S)N[C@]1(O)N2. The van der Waals surface area contributed by atoms with Crippen molar-refractivity contribution in [2.45, 2.75) is 5.85 Å². The Kier molecular flexibility index (Phi) is 2.03. The van der Waals surface area contributed by atoms with E-state index in [1.165, 1.54) is 18.2 Å². The van der Waals surface area contributed by atoms with Crippen LogP contribution in [0.1, 0.15) is 5.56 Å². The van der Waals surface area contributed by atoms with Crippen molar-refractivity contribution in [3.63, 3.8) is 0 Å². The minimum atomic E-state index is -1.63. The second kappa shape index (κ2) is 3.37. The Morgan fingerprint density at radius 3 is 2.94 bits per heavy atom. The lowest BCUT2D eigenvalue weighted by Gasteiger charge is -2.29. The average molecular weight is 265 g/mol. The molecule has 0 amide bonds. The quantitative estimate of drug-likeness (QED) is 0.317. The number of nitro benzene ring substituents is 1. The van der Waals surface area contributed by atoms with Gasteiger partial charge < -0.3 is 15.7 Å². The van der Waals surface area contributed by atoms with Gasteiger partial charge in [0.25, 0.3) is 11.5 Å². The molecule has 3 rings (SSSR count). The van der Waals surface area contributed by atoms with Gasteiger partial charge in [0.1, 0.15) is 5.71 Å². The van der Waals surface area contributed by atoms with Crippen LogP contribution in [0, 0.1) is 10.1 Å². The molecular formula is C9H7N5O3S. The first kappa shape index (κ1) is 10.9. The Bertz CT molecular complexity index is 616. The molecule has 0 radical (unpaired) electrons. The molecule has 1 atom stereocenters. The molecule has 4 N–H and O–H groups in total. The van der Waals surface area contributed by atoms with Gasteiger partial charge in [0.15, 0.2) is 5.11 Å². The first-order chi connectivity index (χ1) is 8.49. The third-order valence-corrected chi connectivity index (χ3v) is 2.88. The van der Waals surface area contributed by atoms with E-state index in [1.54, 1.807) is 0 Å². The molecule has 0 spiro atoms. The first-order valence-corrected chi connectivity index (χ1v) is 5.36. The van der Waals surface area contributed by atoms with Gasteiger partial charge in [-0.05, 0) is 18.3 Å². The summed E-state index contributed by atoms with van der Waals surface area (Å²) in [6.45, 7) is 0. The third-order valence-electron chi connectivity index (χ3n) is 2.69. The molecule has 92 valence electrons. The van der Waals surface area contributed by atoms with Crippen molar-refractivity contribution >= 4 is 34.4 Å². The standard InChI is InChI=1S/C9H7N5O3S/c15-9-7(12-13-8(18)11-9)5-3-4(14(16)17)1-2-6(5)10-9/h1-3,10,15H,(H2,11,13,18)/t9-/m1/s1. The summed E-state index contributed by atoms with van der Waals surface area (Å²) in [7, 11) is 0. The molecule has 18 heavy (non-hydrogen) atoms. The second-order valence-electron chi connectivity index (χ2n) is 3.85. The Morgan fingerprint density at radius 1 is 1.44 bits per heavy atom. The minimum Gasteiger partial charge on any atom is -0.349 e. The highest BCUT2D eigenvalue weighted by Gasteiger charge is 2.45. The number of aliphatic hydroxyl groups is 1. The Morgan fingerprint density at radius 2 is 2.22 bits per heavy atom. The molecule has 0 fully saturated rings. The number of fused-ring (bicyclic) bond motifs is 3.